The molecule has 3 rings (SSSR count). The number of nitrogens with zero attached hydrogens (tertiary/aromatic N) is 2. The van der Waals surface area contributed by atoms with Crippen molar-refractivity contribution in [3.63, 3.8) is 0 Å². The Labute approximate surface area is 181 Å². The molecular weight excluding hydrogens is 433 g/mol. The molecule has 13 heteroatoms. The van der Waals surface area contributed by atoms with E-state index in [0.29, 0.717) is 22.0 Å². The van der Waals surface area contributed by atoms with E-state index in [1.807, 2.05) is 0 Å². The molecule has 0 unspecified atom stereocenters. The first-order valence-corrected chi connectivity index (χ1v) is 10.1. The average molecular weight is 459 g/mol. The third-order valence-electron chi connectivity index (χ3n) is 5.39. The molecule has 1 saturated carbocycles. The smallest absolute Gasteiger partial charge is 0.335 e. The Morgan fingerprint density at radius 2 is 1.97 bits per heavy atom. The molecule has 32 heavy (non-hydrogen) atoms. The van der Waals surface area contributed by atoms with E-state index in [2.05, 4.69) is 0 Å². The van der Waals surface area contributed by atoms with Crippen LogP contribution in [0.3, 0.4) is 0 Å². The fraction of sp³-hybridized carbons (Fsp3) is 0.684. The van der Waals surface area contributed by atoms with Crippen molar-refractivity contribution < 1.29 is 38.4 Å². The van der Waals surface area contributed by atoms with Crippen LogP contribution in [-0.2, 0) is 30.5 Å². The predicted octanol–water partition coefficient (Wildman–Crippen LogP) is -1.64. The number of aliphatic hydroxyl groups excluding tert-OH is 2. The molecule has 1 aromatic heterocycles. The van der Waals surface area contributed by atoms with E-state index in [1.165, 1.54) is 0 Å². The molecule has 1 saturated heterocycles. The summed E-state index contributed by atoms with van der Waals surface area (Å²) in [5.74, 6) is -5.09. The lowest BCUT2D eigenvalue weighted by molar-refractivity contribution is -0.217. The van der Waals surface area contributed by atoms with Gasteiger partial charge >= 0.3 is 17.6 Å². The summed E-state index contributed by atoms with van der Waals surface area (Å²) >= 11 is 0. The molecule has 0 spiro atoms. The molecule has 2 heterocycles. The van der Waals surface area contributed by atoms with Gasteiger partial charge in [0.05, 0.1) is 5.92 Å². The number of aliphatic hydroxyl groups is 2. The molecule has 1 aliphatic heterocycles. The molecule has 0 bridgehead atoms. The summed E-state index contributed by atoms with van der Waals surface area (Å²) in [5, 5.41) is 20.4. The van der Waals surface area contributed by atoms with Crippen LogP contribution in [0.25, 0.3) is 0 Å². The molecular formula is C19H26FN3O9. The van der Waals surface area contributed by atoms with Crippen molar-refractivity contribution in [3.05, 3.63) is 33.1 Å². The highest BCUT2D eigenvalue weighted by molar-refractivity contribution is 5.75. The van der Waals surface area contributed by atoms with Crippen LogP contribution in [-0.4, -0.2) is 62.0 Å². The van der Waals surface area contributed by atoms with Gasteiger partial charge in [0.2, 0.25) is 0 Å². The summed E-state index contributed by atoms with van der Waals surface area (Å²) in [6.45, 7) is 1.54. The average Bonchev–Trinajstić information content (AvgIpc) is 3.57. The number of carbonyl (C=O) groups is 2. The van der Waals surface area contributed by atoms with Crippen LogP contribution >= 0.6 is 0 Å². The molecule has 178 valence electrons. The maximum Gasteiger partial charge on any atom is 0.335 e. The Morgan fingerprint density at radius 3 is 2.56 bits per heavy atom. The molecule has 0 amide bonds. The van der Waals surface area contributed by atoms with Crippen LogP contribution in [0.5, 0.6) is 0 Å². The summed E-state index contributed by atoms with van der Waals surface area (Å²) in [7, 11) is 0. The van der Waals surface area contributed by atoms with Gasteiger partial charge in [-0.2, -0.15) is 0 Å². The van der Waals surface area contributed by atoms with E-state index in [9.17, 15) is 29.4 Å². The SMILES string of the molecule is CC(C)[C@H](N)C(=O)OC[C@@]1(F)O[C@@H](n2ccc(=O)n(COC(=O)C3CC3)c2=O)[C@H](O)[C@@H]1O. The highest BCUT2D eigenvalue weighted by Crippen LogP contribution is 2.38. The Bertz CT molecular complexity index is 989. The third-order valence-corrected chi connectivity index (χ3v) is 5.39. The number of halogens is 1. The van der Waals surface area contributed by atoms with Gasteiger partial charge in [-0.05, 0) is 18.8 Å². The minimum absolute atomic E-state index is 0.259. The van der Waals surface area contributed by atoms with Gasteiger partial charge in [-0.15, -0.1) is 0 Å². The first kappa shape index (κ1) is 24.0. The predicted molar refractivity (Wildman–Crippen MR) is 104 cm³/mol. The number of carbonyl (C=O) groups excluding carboxylic acids is 2. The van der Waals surface area contributed by atoms with Crippen LogP contribution in [0.15, 0.2) is 21.9 Å². The Balaban J connectivity index is 1.77. The normalized spacial score (nSPS) is 28.5. The van der Waals surface area contributed by atoms with Crippen LogP contribution in [0.1, 0.15) is 32.9 Å². The maximum absolute atomic E-state index is 15.2. The van der Waals surface area contributed by atoms with Gasteiger partial charge in [-0.25, -0.2) is 13.8 Å². The first-order chi connectivity index (χ1) is 15.0. The van der Waals surface area contributed by atoms with E-state index in [1.54, 1.807) is 13.8 Å². The zero-order valence-electron chi connectivity index (χ0n) is 17.5. The summed E-state index contributed by atoms with van der Waals surface area (Å²) < 4.78 is 31.2. The largest absolute Gasteiger partial charge is 0.458 e. The third kappa shape index (κ3) is 4.75. The fourth-order valence-corrected chi connectivity index (χ4v) is 3.04. The molecule has 0 aromatic carbocycles. The number of rotatable bonds is 8. The zero-order valence-corrected chi connectivity index (χ0v) is 17.5. The number of hydrogen-bond donors (Lipinski definition) is 3. The van der Waals surface area contributed by atoms with Crippen molar-refractivity contribution in [2.24, 2.45) is 17.6 Å². The van der Waals surface area contributed by atoms with Gasteiger partial charge in [0, 0.05) is 12.3 Å². The van der Waals surface area contributed by atoms with Crippen LogP contribution in [0, 0.1) is 11.8 Å². The maximum atomic E-state index is 15.2. The van der Waals surface area contributed by atoms with Crippen LogP contribution in [0.2, 0.25) is 0 Å². The highest BCUT2D eigenvalue weighted by Gasteiger charge is 2.57. The topological polar surface area (TPSA) is 172 Å². The number of aromatic nitrogens is 2. The van der Waals surface area contributed by atoms with Gasteiger partial charge in [-0.3, -0.25) is 19.0 Å². The lowest BCUT2D eigenvalue weighted by atomic mass is 10.1. The standard InChI is InChI=1S/C19H26FN3O9/c1-9(2)12(21)17(28)30-7-19(20)14(26)13(25)15(32-19)22-6-5-11(24)23(18(22)29)8-31-16(27)10-3-4-10/h5-6,9-10,12-15,25-26H,3-4,7-8,21H2,1-2H3/t12-,13+,14-,15+,19+/m0/s1. The van der Waals surface area contributed by atoms with Crippen molar-refractivity contribution in [1.82, 2.24) is 9.13 Å². The van der Waals surface area contributed by atoms with E-state index < -0.39 is 66.9 Å². The molecule has 4 N–H and O–H groups in total. The zero-order chi connectivity index (χ0) is 23.8. The van der Waals surface area contributed by atoms with E-state index in [4.69, 9.17) is 19.9 Å². The van der Waals surface area contributed by atoms with Gasteiger partial charge in [0.15, 0.2) is 19.6 Å². The number of nitrogens with two attached hydrogens (primary N) is 1. The van der Waals surface area contributed by atoms with Gasteiger partial charge in [0.25, 0.3) is 11.4 Å². The second-order valence-corrected chi connectivity index (χ2v) is 8.25. The molecule has 1 aliphatic carbocycles. The summed E-state index contributed by atoms with van der Waals surface area (Å²) in [4.78, 5) is 48.3. The lowest BCUT2D eigenvalue weighted by Gasteiger charge is -2.24. The summed E-state index contributed by atoms with van der Waals surface area (Å²) in [6.07, 6.45) is -3.62. The van der Waals surface area contributed by atoms with Crippen LogP contribution < -0.4 is 17.0 Å². The summed E-state index contributed by atoms with van der Waals surface area (Å²) in [5.41, 5.74) is 3.76. The number of alkyl halides is 1. The fourth-order valence-electron chi connectivity index (χ4n) is 3.04. The molecule has 0 radical (unpaired) electrons. The Morgan fingerprint density at radius 1 is 1.31 bits per heavy atom. The highest BCUT2D eigenvalue weighted by atomic mass is 19.2. The van der Waals surface area contributed by atoms with Crippen LogP contribution in [0.4, 0.5) is 4.39 Å². The molecule has 2 fully saturated rings. The molecule has 12 nitrogen and oxygen atoms in total. The Kier molecular flexibility index (Phi) is 6.83. The molecule has 1 aromatic rings. The molecule has 5 atom stereocenters. The number of esters is 2. The van der Waals surface area contributed by atoms with E-state index in [0.717, 1.165) is 12.3 Å². The van der Waals surface area contributed by atoms with Crippen molar-refractivity contribution in [2.45, 2.75) is 63.8 Å². The second kappa shape index (κ2) is 9.10. The van der Waals surface area contributed by atoms with E-state index >= 15 is 4.39 Å². The first-order valence-electron chi connectivity index (χ1n) is 10.1. The number of ether oxygens (including phenoxy) is 3. The van der Waals surface area contributed by atoms with Crippen molar-refractivity contribution in [2.75, 3.05) is 6.61 Å². The van der Waals surface area contributed by atoms with Gasteiger partial charge in [-0.1, -0.05) is 13.8 Å². The minimum Gasteiger partial charge on any atom is -0.458 e. The molecule has 2 aliphatic rings. The number of hydrogen-bond acceptors (Lipinski definition) is 10. The van der Waals surface area contributed by atoms with Gasteiger partial charge in [0.1, 0.15) is 18.2 Å². The van der Waals surface area contributed by atoms with E-state index in [-0.39, 0.29) is 11.8 Å². The quantitative estimate of drug-likeness (QED) is 0.383. The van der Waals surface area contributed by atoms with Gasteiger partial charge < -0.3 is 30.2 Å². The van der Waals surface area contributed by atoms with Crippen molar-refractivity contribution in [1.29, 1.82) is 0 Å². The van der Waals surface area contributed by atoms with Crippen molar-refractivity contribution in [3.8, 4) is 0 Å². The second-order valence-electron chi connectivity index (χ2n) is 8.25. The minimum atomic E-state index is -3.05. The lowest BCUT2D eigenvalue weighted by Crippen LogP contribution is -2.46. The monoisotopic (exact) mass is 459 g/mol. The Hall–Kier alpha value is -2.61. The summed E-state index contributed by atoms with van der Waals surface area (Å²) in [6, 6.07) is -0.114. The van der Waals surface area contributed by atoms with Crippen molar-refractivity contribution >= 4 is 11.9 Å².